The van der Waals surface area contributed by atoms with E-state index in [2.05, 4.69) is 10.3 Å². The van der Waals surface area contributed by atoms with Crippen LogP contribution in [0.15, 0.2) is 11.6 Å². The van der Waals surface area contributed by atoms with Gasteiger partial charge < -0.3 is 15.8 Å². The molecule has 0 amide bonds. The molecule has 1 aromatic rings. The van der Waals surface area contributed by atoms with Crippen LogP contribution < -0.4 is 11.1 Å². The van der Waals surface area contributed by atoms with Gasteiger partial charge in [-0.1, -0.05) is 0 Å². The molecule has 1 fully saturated rings. The Hall–Kier alpha value is -0.490. The van der Waals surface area contributed by atoms with Crippen LogP contribution in [0.4, 0.5) is 0 Å². The van der Waals surface area contributed by atoms with Crippen molar-refractivity contribution in [1.29, 1.82) is 0 Å². The van der Waals surface area contributed by atoms with Crippen molar-refractivity contribution in [3.63, 3.8) is 0 Å². The van der Waals surface area contributed by atoms with E-state index in [1.165, 1.54) is 5.01 Å². The largest absolute Gasteiger partial charge is 0.379 e. The maximum absolute atomic E-state index is 6.12. The Balaban J connectivity index is 1.62. The Morgan fingerprint density at radius 1 is 1.67 bits per heavy atom. The molecule has 0 bridgehead atoms. The Kier molecular flexibility index (Phi) is 3.69. The molecule has 4 nitrogen and oxygen atoms in total. The van der Waals surface area contributed by atoms with Crippen molar-refractivity contribution in [2.45, 2.75) is 18.4 Å². The fourth-order valence-corrected chi connectivity index (χ4v) is 2.29. The molecule has 15 heavy (non-hydrogen) atoms. The summed E-state index contributed by atoms with van der Waals surface area (Å²) in [5.41, 5.74) is 5.97. The number of thiazole rings is 1. The standard InChI is InChI=1S/C10H17N3OS/c11-10(2-5-14-8-10)7-12-3-1-9-13-4-6-15-9/h4,6,12H,1-3,5,7-8,11H2. The molecule has 3 N–H and O–H groups in total. The zero-order valence-corrected chi connectivity index (χ0v) is 9.55. The number of ether oxygens (including phenoxy) is 1. The minimum Gasteiger partial charge on any atom is -0.379 e. The van der Waals surface area contributed by atoms with Crippen LogP contribution in [0.5, 0.6) is 0 Å². The van der Waals surface area contributed by atoms with Gasteiger partial charge in [-0.3, -0.25) is 0 Å². The molecule has 0 saturated carbocycles. The smallest absolute Gasteiger partial charge is 0.0937 e. The summed E-state index contributed by atoms with van der Waals surface area (Å²) in [5, 5.41) is 6.55. The lowest BCUT2D eigenvalue weighted by atomic mass is 10.0. The molecule has 1 aliphatic rings. The minimum atomic E-state index is -0.150. The van der Waals surface area contributed by atoms with E-state index in [0.29, 0.717) is 6.61 Å². The molecule has 1 unspecified atom stereocenters. The van der Waals surface area contributed by atoms with E-state index in [-0.39, 0.29) is 5.54 Å². The summed E-state index contributed by atoms with van der Waals surface area (Å²) in [6.07, 6.45) is 3.78. The van der Waals surface area contributed by atoms with Gasteiger partial charge in [0.2, 0.25) is 0 Å². The minimum absolute atomic E-state index is 0.150. The lowest BCUT2D eigenvalue weighted by Crippen LogP contribution is -2.49. The Morgan fingerprint density at radius 3 is 3.27 bits per heavy atom. The first kappa shape index (κ1) is 11.0. The highest BCUT2D eigenvalue weighted by atomic mass is 32.1. The Morgan fingerprint density at radius 2 is 2.60 bits per heavy atom. The number of hydrogen-bond donors (Lipinski definition) is 2. The van der Waals surface area contributed by atoms with Crippen LogP contribution in [0.25, 0.3) is 0 Å². The van der Waals surface area contributed by atoms with E-state index in [9.17, 15) is 0 Å². The van der Waals surface area contributed by atoms with Gasteiger partial charge in [0.25, 0.3) is 0 Å². The number of hydrogen-bond acceptors (Lipinski definition) is 5. The molecule has 0 spiro atoms. The van der Waals surface area contributed by atoms with Crippen molar-refractivity contribution < 1.29 is 4.74 Å². The maximum Gasteiger partial charge on any atom is 0.0937 e. The summed E-state index contributed by atoms with van der Waals surface area (Å²) in [5.74, 6) is 0. The van der Waals surface area contributed by atoms with Gasteiger partial charge in [-0.2, -0.15) is 0 Å². The number of aromatic nitrogens is 1. The third kappa shape index (κ3) is 3.24. The lowest BCUT2D eigenvalue weighted by molar-refractivity contribution is 0.177. The van der Waals surface area contributed by atoms with Crippen LogP contribution in [0.3, 0.4) is 0 Å². The summed E-state index contributed by atoms with van der Waals surface area (Å²) in [6, 6.07) is 0. The van der Waals surface area contributed by atoms with E-state index >= 15 is 0 Å². The molecule has 84 valence electrons. The first-order valence-electron chi connectivity index (χ1n) is 5.24. The van der Waals surface area contributed by atoms with Crippen molar-refractivity contribution in [3.05, 3.63) is 16.6 Å². The van der Waals surface area contributed by atoms with Gasteiger partial charge in [-0.15, -0.1) is 11.3 Å². The predicted molar refractivity (Wildman–Crippen MR) is 61.0 cm³/mol. The van der Waals surface area contributed by atoms with Gasteiger partial charge >= 0.3 is 0 Å². The Labute approximate surface area is 93.8 Å². The molecule has 0 aliphatic carbocycles. The highest BCUT2D eigenvalue weighted by molar-refractivity contribution is 7.09. The SMILES string of the molecule is NC1(CNCCc2nccs2)CCOC1. The lowest BCUT2D eigenvalue weighted by Gasteiger charge is -2.21. The molecular formula is C10H17N3OS. The average molecular weight is 227 g/mol. The zero-order valence-electron chi connectivity index (χ0n) is 8.74. The fraction of sp³-hybridized carbons (Fsp3) is 0.700. The third-order valence-corrected chi connectivity index (χ3v) is 3.45. The van der Waals surface area contributed by atoms with Crippen LogP contribution >= 0.6 is 11.3 Å². The predicted octanol–water partition coefficient (Wildman–Crippen LogP) is 0.393. The molecule has 1 aromatic heterocycles. The van der Waals surface area contributed by atoms with Gasteiger partial charge in [0.1, 0.15) is 0 Å². The second-order valence-corrected chi connectivity index (χ2v) is 5.00. The van der Waals surface area contributed by atoms with Crippen LogP contribution in [0.1, 0.15) is 11.4 Å². The van der Waals surface area contributed by atoms with Crippen molar-refractivity contribution in [3.8, 4) is 0 Å². The summed E-state index contributed by atoms with van der Waals surface area (Å²) in [4.78, 5) is 4.23. The second-order valence-electron chi connectivity index (χ2n) is 4.02. The van der Waals surface area contributed by atoms with Crippen LogP contribution in [0.2, 0.25) is 0 Å². The van der Waals surface area contributed by atoms with E-state index < -0.39 is 0 Å². The van der Waals surface area contributed by atoms with Gasteiger partial charge in [-0.25, -0.2) is 4.98 Å². The maximum atomic E-state index is 6.12. The molecule has 1 atom stereocenters. The van der Waals surface area contributed by atoms with E-state index in [0.717, 1.165) is 32.5 Å². The molecule has 2 heterocycles. The van der Waals surface area contributed by atoms with Gasteiger partial charge in [-0.05, 0) is 6.42 Å². The van der Waals surface area contributed by atoms with Crippen molar-refractivity contribution in [2.75, 3.05) is 26.3 Å². The van der Waals surface area contributed by atoms with Gasteiger partial charge in [0.15, 0.2) is 0 Å². The number of rotatable bonds is 5. The van der Waals surface area contributed by atoms with Crippen LogP contribution in [-0.4, -0.2) is 36.8 Å². The average Bonchev–Trinajstić information content (AvgIpc) is 2.84. The third-order valence-electron chi connectivity index (χ3n) is 2.61. The van der Waals surface area contributed by atoms with Crippen molar-refractivity contribution in [2.24, 2.45) is 5.73 Å². The number of nitrogens with two attached hydrogens (primary N) is 1. The summed E-state index contributed by atoms with van der Waals surface area (Å²) in [6.45, 7) is 3.24. The monoisotopic (exact) mass is 227 g/mol. The first-order valence-corrected chi connectivity index (χ1v) is 6.12. The first-order chi connectivity index (χ1) is 7.29. The van der Waals surface area contributed by atoms with E-state index in [1.54, 1.807) is 11.3 Å². The number of nitrogens with one attached hydrogen (secondary N) is 1. The molecule has 2 rings (SSSR count). The Bertz CT molecular complexity index is 283. The summed E-state index contributed by atoms with van der Waals surface area (Å²) < 4.78 is 5.29. The summed E-state index contributed by atoms with van der Waals surface area (Å²) >= 11 is 1.70. The molecule has 1 aliphatic heterocycles. The molecular weight excluding hydrogens is 210 g/mol. The van der Waals surface area contributed by atoms with Gasteiger partial charge in [0, 0.05) is 37.7 Å². The van der Waals surface area contributed by atoms with Crippen LogP contribution in [0, 0.1) is 0 Å². The highest BCUT2D eigenvalue weighted by Gasteiger charge is 2.29. The highest BCUT2D eigenvalue weighted by Crippen LogP contribution is 2.13. The quantitative estimate of drug-likeness (QED) is 0.715. The van der Waals surface area contributed by atoms with E-state index in [1.807, 2.05) is 11.6 Å². The second kappa shape index (κ2) is 5.03. The molecule has 5 heteroatoms. The molecule has 0 aromatic carbocycles. The summed E-state index contributed by atoms with van der Waals surface area (Å²) in [7, 11) is 0. The van der Waals surface area contributed by atoms with Gasteiger partial charge in [0.05, 0.1) is 17.2 Å². The van der Waals surface area contributed by atoms with Crippen molar-refractivity contribution in [1.82, 2.24) is 10.3 Å². The number of nitrogens with zero attached hydrogens (tertiary/aromatic N) is 1. The van der Waals surface area contributed by atoms with Crippen LogP contribution in [-0.2, 0) is 11.2 Å². The fourth-order valence-electron chi connectivity index (χ4n) is 1.67. The zero-order chi connectivity index (χ0) is 10.6. The molecule has 1 saturated heterocycles. The molecule has 0 radical (unpaired) electrons. The topological polar surface area (TPSA) is 60.2 Å². The normalized spacial score (nSPS) is 25.9. The van der Waals surface area contributed by atoms with Crippen molar-refractivity contribution >= 4 is 11.3 Å². The van der Waals surface area contributed by atoms with E-state index in [4.69, 9.17) is 10.5 Å².